The number of fused-ring (bicyclic) bond motifs is 1. The summed E-state index contributed by atoms with van der Waals surface area (Å²) >= 11 is 6.17. The first-order valence-corrected chi connectivity index (χ1v) is 6.13. The van der Waals surface area contributed by atoms with E-state index in [1.807, 2.05) is 12.1 Å². The Morgan fingerprint density at radius 1 is 1.50 bits per heavy atom. The van der Waals surface area contributed by atoms with Crippen LogP contribution < -0.4 is 0 Å². The minimum Gasteiger partial charge on any atom is -0.233 e. The molecule has 1 aliphatic rings. The quantitative estimate of drug-likeness (QED) is 0.748. The van der Waals surface area contributed by atoms with Gasteiger partial charge < -0.3 is 0 Å². The Kier molecular flexibility index (Phi) is 2.36. The van der Waals surface area contributed by atoms with Crippen molar-refractivity contribution in [3.8, 4) is 0 Å². The minimum atomic E-state index is 0.506. The predicted molar refractivity (Wildman–Crippen MR) is 63.8 cm³/mol. The van der Waals surface area contributed by atoms with Crippen molar-refractivity contribution in [3.63, 3.8) is 0 Å². The molecule has 0 saturated heterocycles. The largest absolute Gasteiger partial charge is 0.233 e. The lowest BCUT2D eigenvalue weighted by molar-refractivity contribution is 0.269. The maximum absolute atomic E-state index is 6.17. The topological polar surface area (TPSA) is 30.2 Å². The molecule has 0 amide bonds. The van der Waals surface area contributed by atoms with Gasteiger partial charge in [-0.3, -0.25) is 0 Å². The second-order valence-electron chi connectivity index (χ2n) is 4.58. The summed E-state index contributed by atoms with van der Waals surface area (Å²) in [7, 11) is 0. The molecule has 84 valence electrons. The molecule has 2 aromatic heterocycles. The van der Waals surface area contributed by atoms with Crippen LogP contribution in [0.25, 0.3) is 5.65 Å². The van der Waals surface area contributed by atoms with E-state index in [2.05, 4.69) is 17.0 Å². The first kappa shape index (κ1) is 10.1. The number of halogens is 1. The van der Waals surface area contributed by atoms with Crippen molar-refractivity contribution in [2.75, 3.05) is 0 Å². The van der Waals surface area contributed by atoms with Gasteiger partial charge in [0.25, 0.3) is 0 Å². The van der Waals surface area contributed by atoms with Gasteiger partial charge in [-0.25, -0.2) is 9.50 Å². The first-order valence-electron chi connectivity index (χ1n) is 5.76. The Balaban J connectivity index is 2.02. The van der Waals surface area contributed by atoms with Crippen LogP contribution in [0.2, 0.25) is 5.15 Å². The summed E-state index contributed by atoms with van der Waals surface area (Å²) in [6, 6.07) is 3.84. The molecule has 0 bridgehead atoms. The monoisotopic (exact) mass is 235 g/mol. The van der Waals surface area contributed by atoms with Crippen LogP contribution in [0.4, 0.5) is 0 Å². The summed E-state index contributed by atoms with van der Waals surface area (Å²) in [5.41, 5.74) is 1.94. The first-order chi connectivity index (χ1) is 7.75. The second-order valence-corrected chi connectivity index (χ2v) is 4.97. The Morgan fingerprint density at radius 3 is 3.00 bits per heavy atom. The van der Waals surface area contributed by atoms with E-state index in [9.17, 15) is 0 Å². The number of hydrogen-bond donors (Lipinski definition) is 0. The van der Waals surface area contributed by atoms with Gasteiger partial charge in [-0.05, 0) is 24.8 Å². The number of nitrogens with zero attached hydrogens (tertiary/aromatic N) is 3. The third kappa shape index (κ3) is 1.50. The molecule has 2 heterocycles. The zero-order valence-corrected chi connectivity index (χ0v) is 9.98. The van der Waals surface area contributed by atoms with E-state index in [0.29, 0.717) is 11.1 Å². The molecule has 1 aliphatic carbocycles. The summed E-state index contributed by atoms with van der Waals surface area (Å²) in [5, 5.41) is 4.77. The molecule has 4 heteroatoms. The maximum atomic E-state index is 6.17. The van der Waals surface area contributed by atoms with Crippen molar-refractivity contribution in [1.29, 1.82) is 0 Å². The summed E-state index contributed by atoms with van der Waals surface area (Å²) in [4.78, 5) is 4.61. The van der Waals surface area contributed by atoms with E-state index in [0.717, 1.165) is 17.3 Å². The van der Waals surface area contributed by atoms with Crippen molar-refractivity contribution in [2.45, 2.75) is 32.1 Å². The molecule has 1 unspecified atom stereocenters. The van der Waals surface area contributed by atoms with Gasteiger partial charge in [0.1, 0.15) is 5.15 Å². The molecule has 0 radical (unpaired) electrons. The van der Waals surface area contributed by atoms with Crippen molar-refractivity contribution < 1.29 is 0 Å². The minimum absolute atomic E-state index is 0.506. The molecular formula is C12H14ClN3. The molecule has 0 aliphatic heterocycles. The Morgan fingerprint density at radius 2 is 2.31 bits per heavy atom. The predicted octanol–water partition coefficient (Wildman–Crippen LogP) is 3.29. The fourth-order valence-electron chi connectivity index (χ4n) is 2.31. The van der Waals surface area contributed by atoms with Crippen LogP contribution in [0.1, 0.15) is 37.8 Å². The molecular weight excluding hydrogens is 222 g/mol. The van der Waals surface area contributed by atoms with Gasteiger partial charge >= 0.3 is 0 Å². The number of hydrogen-bond acceptors (Lipinski definition) is 2. The third-order valence-corrected chi connectivity index (χ3v) is 3.93. The number of aromatic nitrogens is 3. The van der Waals surface area contributed by atoms with Crippen LogP contribution in [-0.2, 0) is 0 Å². The lowest BCUT2D eigenvalue weighted by Crippen LogP contribution is -2.19. The van der Waals surface area contributed by atoms with Crippen molar-refractivity contribution in [3.05, 3.63) is 29.2 Å². The molecule has 0 N–H and O–H groups in total. The average Bonchev–Trinajstić information content (AvgIpc) is 2.63. The molecule has 0 aromatic carbocycles. The van der Waals surface area contributed by atoms with Gasteiger partial charge in [0.15, 0.2) is 5.65 Å². The van der Waals surface area contributed by atoms with Crippen LogP contribution in [0.15, 0.2) is 18.3 Å². The SMILES string of the molecule is CC(c1cc(Cl)n2nccc2n1)C1CCC1. The standard InChI is InChI=1S/C12H14ClN3/c1-8(9-3-2-4-9)10-7-11(13)16-12(15-10)5-6-14-16/h5-9H,2-4H2,1H3. The van der Waals surface area contributed by atoms with Crippen molar-refractivity contribution in [2.24, 2.45) is 5.92 Å². The third-order valence-electron chi connectivity index (χ3n) is 3.66. The van der Waals surface area contributed by atoms with E-state index in [1.165, 1.54) is 19.3 Å². The van der Waals surface area contributed by atoms with Gasteiger partial charge in [0, 0.05) is 17.7 Å². The van der Waals surface area contributed by atoms with Crippen LogP contribution in [-0.4, -0.2) is 14.6 Å². The van der Waals surface area contributed by atoms with Crippen LogP contribution in [0.3, 0.4) is 0 Å². The molecule has 0 spiro atoms. The van der Waals surface area contributed by atoms with Gasteiger partial charge in [0.2, 0.25) is 0 Å². The summed E-state index contributed by atoms with van der Waals surface area (Å²) in [5.74, 6) is 1.29. The highest BCUT2D eigenvalue weighted by molar-refractivity contribution is 6.29. The fraction of sp³-hybridized carbons (Fsp3) is 0.500. The van der Waals surface area contributed by atoms with Crippen LogP contribution in [0.5, 0.6) is 0 Å². The normalized spacial score (nSPS) is 18.6. The average molecular weight is 236 g/mol. The fourth-order valence-corrected chi connectivity index (χ4v) is 2.55. The Bertz CT molecular complexity index is 516. The molecule has 1 fully saturated rings. The van der Waals surface area contributed by atoms with Gasteiger partial charge in [-0.2, -0.15) is 5.10 Å². The highest BCUT2D eigenvalue weighted by Crippen LogP contribution is 2.38. The Labute approximate surface area is 99.4 Å². The molecule has 16 heavy (non-hydrogen) atoms. The maximum Gasteiger partial charge on any atom is 0.156 e. The molecule has 3 nitrogen and oxygen atoms in total. The van der Waals surface area contributed by atoms with E-state index in [1.54, 1.807) is 10.7 Å². The van der Waals surface area contributed by atoms with E-state index >= 15 is 0 Å². The van der Waals surface area contributed by atoms with E-state index < -0.39 is 0 Å². The molecule has 3 rings (SSSR count). The summed E-state index contributed by atoms with van der Waals surface area (Å²) < 4.78 is 1.67. The zero-order chi connectivity index (χ0) is 11.1. The Hall–Kier alpha value is -1.09. The molecule has 2 aromatic rings. The molecule has 1 saturated carbocycles. The lowest BCUT2D eigenvalue weighted by Gasteiger charge is -2.31. The number of rotatable bonds is 2. The highest BCUT2D eigenvalue weighted by Gasteiger charge is 2.26. The van der Waals surface area contributed by atoms with Gasteiger partial charge in [-0.1, -0.05) is 24.9 Å². The zero-order valence-electron chi connectivity index (χ0n) is 9.23. The lowest BCUT2D eigenvalue weighted by atomic mass is 9.75. The summed E-state index contributed by atoms with van der Waals surface area (Å²) in [6.45, 7) is 2.25. The van der Waals surface area contributed by atoms with Crippen LogP contribution >= 0.6 is 11.6 Å². The van der Waals surface area contributed by atoms with Crippen molar-refractivity contribution in [1.82, 2.24) is 14.6 Å². The second kappa shape index (κ2) is 3.74. The smallest absolute Gasteiger partial charge is 0.156 e. The molecule has 1 atom stereocenters. The summed E-state index contributed by atoms with van der Waals surface area (Å²) in [6.07, 6.45) is 5.74. The van der Waals surface area contributed by atoms with Gasteiger partial charge in [0.05, 0.1) is 6.20 Å². The van der Waals surface area contributed by atoms with Crippen molar-refractivity contribution >= 4 is 17.2 Å². The van der Waals surface area contributed by atoms with E-state index in [-0.39, 0.29) is 0 Å². The highest BCUT2D eigenvalue weighted by atomic mass is 35.5. The van der Waals surface area contributed by atoms with E-state index in [4.69, 9.17) is 11.6 Å². The van der Waals surface area contributed by atoms with Gasteiger partial charge in [-0.15, -0.1) is 0 Å². The van der Waals surface area contributed by atoms with Crippen LogP contribution in [0, 0.1) is 5.92 Å².